The summed E-state index contributed by atoms with van der Waals surface area (Å²) in [6.07, 6.45) is 1.75. The molecule has 0 bridgehead atoms. The van der Waals surface area contributed by atoms with Crippen molar-refractivity contribution in [1.29, 1.82) is 0 Å². The summed E-state index contributed by atoms with van der Waals surface area (Å²) in [6.45, 7) is 0.230. The Labute approximate surface area is 199 Å². The van der Waals surface area contributed by atoms with Crippen molar-refractivity contribution in [3.05, 3.63) is 34.7 Å². The number of anilines is 1. The first-order valence-electron chi connectivity index (χ1n) is 9.97. The van der Waals surface area contributed by atoms with Gasteiger partial charge in [-0.15, -0.1) is 16.4 Å². The van der Waals surface area contributed by atoms with E-state index in [2.05, 4.69) is 15.5 Å². The van der Waals surface area contributed by atoms with Crippen LogP contribution in [0.25, 0.3) is 11.5 Å². The highest BCUT2D eigenvalue weighted by Gasteiger charge is 2.38. The van der Waals surface area contributed by atoms with Crippen LogP contribution in [0, 0.1) is 0 Å². The number of sulfonamides is 1. The van der Waals surface area contributed by atoms with E-state index in [1.54, 1.807) is 18.2 Å². The lowest BCUT2D eigenvalue weighted by atomic mass is 10.0. The molecule has 1 atom stereocenters. The number of aromatic nitrogens is 2. The maximum Gasteiger partial charge on any atom is 0.322 e. The Balaban J connectivity index is 1.54. The van der Waals surface area contributed by atoms with E-state index in [1.807, 2.05) is 0 Å². The fourth-order valence-electron chi connectivity index (χ4n) is 3.55. The molecule has 3 heterocycles. The van der Waals surface area contributed by atoms with Gasteiger partial charge in [-0.05, 0) is 37.1 Å². The zero-order valence-corrected chi connectivity index (χ0v) is 20.2. The molecule has 1 aliphatic heterocycles. The molecule has 3 aromatic rings. The number of piperidine rings is 1. The lowest BCUT2D eigenvalue weighted by Gasteiger charge is -2.32. The minimum absolute atomic E-state index is 0.0962. The molecule has 10 nitrogen and oxygen atoms in total. The summed E-state index contributed by atoms with van der Waals surface area (Å²) in [5.74, 6) is 0.633. The average Bonchev–Trinajstić information content (AvgIpc) is 3.48. The molecule has 1 fully saturated rings. The molecule has 0 saturated carbocycles. The van der Waals surface area contributed by atoms with Crippen LogP contribution >= 0.6 is 22.9 Å². The monoisotopic (exact) mass is 512 g/mol. The minimum atomic E-state index is -3.87. The van der Waals surface area contributed by atoms with Crippen LogP contribution in [0.3, 0.4) is 0 Å². The van der Waals surface area contributed by atoms with Crippen LogP contribution in [-0.2, 0) is 14.8 Å². The Morgan fingerprint density at radius 2 is 2.03 bits per heavy atom. The van der Waals surface area contributed by atoms with Crippen LogP contribution in [0.15, 0.2) is 39.0 Å². The highest BCUT2D eigenvalue weighted by molar-refractivity contribution is 7.91. The molecule has 2 aromatic heterocycles. The van der Waals surface area contributed by atoms with Crippen LogP contribution in [0.4, 0.5) is 6.01 Å². The van der Waals surface area contributed by atoms with Gasteiger partial charge in [0.2, 0.25) is 5.91 Å². The number of amides is 1. The molecular formula is C20H21ClN4O6S2. The van der Waals surface area contributed by atoms with Crippen molar-refractivity contribution in [3.8, 4) is 23.0 Å². The zero-order valence-electron chi connectivity index (χ0n) is 17.8. The van der Waals surface area contributed by atoms with E-state index in [-0.39, 0.29) is 22.7 Å². The number of hydrogen-bond donors (Lipinski definition) is 1. The molecule has 33 heavy (non-hydrogen) atoms. The first-order valence-corrected chi connectivity index (χ1v) is 12.6. The van der Waals surface area contributed by atoms with E-state index in [0.29, 0.717) is 40.7 Å². The number of halogens is 1. The van der Waals surface area contributed by atoms with Crippen LogP contribution in [0.1, 0.15) is 19.3 Å². The van der Waals surface area contributed by atoms with E-state index in [1.165, 1.54) is 30.7 Å². The van der Waals surface area contributed by atoms with E-state index in [9.17, 15) is 13.2 Å². The molecule has 13 heteroatoms. The Morgan fingerprint density at radius 3 is 2.73 bits per heavy atom. The molecule has 0 aliphatic carbocycles. The van der Waals surface area contributed by atoms with Crippen molar-refractivity contribution in [3.63, 3.8) is 0 Å². The standard InChI is InChI=1S/C20H21ClN4O6S2/c1-29-12-6-7-13(15(11-12)30-2)19-23-24-20(31-19)22-18(26)14-5-3-4-10-25(14)33(27,28)17-9-8-16(21)32-17/h6-9,11,14H,3-5,10H2,1-2H3,(H,22,24,26). The molecule has 1 saturated heterocycles. The number of nitrogens with zero attached hydrogens (tertiary/aromatic N) is 3. The number of nitrogens with one attached hydrogen (secondary N) is 1. The molecule has 4 rings (SSSR count). The molecule has 1 amide bonds. The molecular weight excluding hydrogens is 492 g/mol. The van der Waals surface area contributed by atoms with Crippen molar-refractivity contribution < 1.29 is 27.1 Å². The number of carbonyl (C=O) groups excluding carboxylic acids is 1. The normalized spacial score (nSPS) is 17.0. The van der Waals surface area contributed by atoms with Gasteiger partial charge in [0, 0.05) is 12.6 Å². The topological polar surface area (TPSA) is 124 Å². The maximum atomic E-state index is 13.1. The van der Waals surface area contributed by atoms with Gasteiger partial charge in [0.25, 0.3) is 15.9 Å². The van der Waals surface area contributed by atoms with Crippen LogP contribution in [0.5, 0.6) is 11.5 Å². The average molecular weight is 513 g/mol. The maximum absolute atomic E-state index is 13.1. The second kappa shape index (κ2) is 9.67. The lowest BCUT2D eigenvalue weighted by Crippen LogP contribution is -2.49. The Hall–Kier alpha value is -2.67. The fraction of sp³-hybridized carbons (Fsp3) is 0.350. The third-order valence-electron chi connectivity index (χ3n) is 5.16. The van der Waals surface area contributed by atoms with Gasteiger partial charge in [0.1, 0.15) is 21.8 Å². The number of methoxy groups -OCH3 is 2. The summed E-state index contributed by atoms with van der Waals surface area (Å²) in [7, 11) is -0.835. The van der Waals surface area contributed by atoms with E-state index in [0.717, 1.165) is 11.3 Å². The highest BCUT2D eigenvalue weighted by Crippen LogP contribution is 2.34. The van der Waals surface area contributed by atoms with Crippen LogP contribution < -0.4 is 14.8 Å². The van der Waals surface area contributed by atoms with Gasteiger partial charge in [0.05, 0.1) is 24.1 Å². The second-order valence-corrected chi connectivity index (χ2v) is 11.0. The summed E-state index contributed by atoms with van der Waals surface area (Å²) >= 11 is 6.87. The number of ether oxygens (including phenoxy) is 2. The van der Waals surface area contributed by atoms with Crippen LogP contribution in [-0.4, -0.2) is 55.6 Å². The van der Waals surface area contributed by atoms with E-state index < -0.39 is 22.0 Å². The Morgan fingerprint density at radius 1 is 1.21 bits per heavy atom. The molecule has 1 unspecified atom stereocenters. The highest BCUT2D eigenvalue weighted by atomic mass is 35.5. The van der Waals surface area contributed by atoms with Gasteiger partial charge in [-0.2, -0.15) is 4.31 Å². The van der Waals surface area contributed by atoms with E-state index >= 15 is 0 Å². The van der Waals surface area contributed by atoms with Crippen molar-refractivity contribution in [2.75, 3.05) is 26.1 Å². The molecule has 176 valence electrons. The third-order valence-corrected chi connectivity index (χ3v) is 8.77. The molecule has 1 aliphatic rings. The molecule has 1 aromatic carbocycles. The van der Waals surface area contributed by atoms with Crippen molar-refractivity contribution >= 4 is 44.9 Å². The second-order valence-electron chi connectivity index (χ2n) is 7.15. The zero-order chi connectivity index (χ0) is 23.6. The molecule has 1 N–H and O–H groups in total. The summed E-state index contributed by atoms with van der Waals surface area (Å²) in [5.41, 5.74) is 0.516. The summed E-state index contributed by atoms with van der Waals surface area (Å²) in [5, 5.41) is 10.4. The number of carbonyl (C=O) groups is 1. The Kier molecular flexibility index (Phi) is 6.88. The third kappa shape index (κ3) is 4.83. The van der Waals surface area contributed by atoms with Gasteiger partial charge >= 0.3 is 6.01 Å². The minimum Gasteiger partial charge on any atom is -0.497 e. The number of rotatable bonds is 7. The molecule has 0 spiro atoms. The predicted octanol–water partition coefficient (Wildman–Crippen LogP) is 3.65. The van der Waals surface area contributed by atoms with Crippen LogP contribution in [0.2, 0.25) is 4.34 Å². The smallest absolute Gasteiger partial charge is 0.322 e. The van der Waals surface area contributed by atoms with Crippen molar-refractivity contribution in [1.82, 2.24) is 14.5 Å². The van der Waals surface area contributed by atoms with Gasteiger partial charge in [0.15, 0.2) is 0 Å². The summed E-state index contributed by atoms with van der Waals surface area (Å²) < 4.78 is 44.0. The number of thiophene rings is 1. The van der Waals surface area contributed by atoms with E-state index in [4.69, 9.17) is 25.5 Å². The van der Waals surface area contributed by atoms with Gasteiger partial charge in [-0.25, -0.2) is 8.42 Å². The summed E-state index contributed by atoms with van der Waals surface area (Å²) in [6, 6.07) is 6.98. The Bertz CT molecular complexity index is 1260. The van der Waals surface area contributed by atoms with Gasteiger partial charge < -0.3 is 13.9 Å². The summed E-state index contributed by atoms with van der Waals surface area (Å²) in [4.78, 5) is 13.0. The SMILES string of the molecule is COc1ccc(-c2nnc(NC(=O)C3CCCCN3S(=O)(=O)c3ccc(Cl)s3)o2)c(OC)c1. The van der Waals surface area contributed by atoms with Crippen molar-refractivity contribution in [2.45, 2.75) is 29.5 Å². The predicted molar refractivity (Wildman–Crippen MR) is 122 cm³/mol. The fourth-order valence-corrected chi connectivity index (χ4v) is 6.82. The number of hydrogen-bond acceptors (Lipinski definition) is 9. The number of benzene rings is 1. The lowest BCUT2D eigenvalue weighted by molar-refractivity contribution is -0.120. The first-order chi connectivity index (χ1) is 15.8. The van der Waals surface area contributed by atoms with Crippen molar-refractivity contribution in [2.24, 2.45) is 0 Å². The quantitative estimate of drug-likeness (QED) is 0.508. The van der Waals surface area contributed by atoms with Gasteiger partial charge in [-0.1, -0.05) is 23.1 Å². The largest absolute Gasteiger partial charge is 0.497 e. The van der Waals surface area contributed by atoms with Gasteiger partial charge in [-0.3, -0.25) is 10.1 Å². The first kappa shape index (κ1) is 23.5. The molecule has 0 radical (unpaired) electrons.